The average Bonchev–Trinajstić information content (AvgIpc) is 2.47. The largest absolute Gasteiger partial charge is 0.507 e. The third kappa shape index (κ3) is 2.15. The zero-order chi connectivity index (χ0) is 16.9. The number of carboxylic acid groups (broad SMARTS) is 1. The number of rotatable bonds is 2. The zero-order valence-electron chi connectivity index (χ0n) is 12.4. The van der Waals surface area contributed by atoms with Crippen molar-refractivity contribution in [2.75, 3.05) is 0 Å². The van der Waals surface area contributed by atoms with E-state index in [1.54, 1.807) is 0 Å². The van der Waals surface area contributed by atoms with Crippen molar-refractivity contribution < 1.29 is 34.4 Å². The Morgan fingerprint density at radius 1 is 1.39 bits per heavy atom. The first-order valence-corrected chi connectivity index (χ1v) is 7.27. The smallest absolute Gasteiger partial charge is 0.305 e. The molecule has 3 rings (SSSR count). The number of carbonyl (C=O) groups is 3. The topological polar surface area (TPSA) is 121 Å². The molecular weight excluding hydrogens is 304 g/mol. The number of fused-ring (bicyclic) bond motifs is 2. The van der Waals surface area contributed by atoms with E-state index in [1.807, 2.05) is 0 Å². The summed E-state index contributed by atoms with van der Waals surface area (Å²) in [4.78, 5) is 36.3. The van der Waals surface area contributed by atoms with Crippen molar-refractivity contribution in [3.63, 3.8) is 0 Å². The van der Waals surface area contributed by atoms with Crippen LogP contribution in [0.4, 0.5) is 0 Å². The predicted octanol–water partition coefficient (Wildman–Crippen LogP) is 0.771. The van der Waals surface area contributed by atoms with Gasteiger partial charge in [0.2, 0.25) is 5.78 Å². The molecule has 7 nitrogen and oxygen atoms in total. The fraction of sp³-hybridized carbons (Fsp3) is 0.438. The van der Waals surface area contributed by atoms with E-state index in [-0.39, 0.29) is 29.7 Å². The van der Waals surface area contributed by atoms with Crippen molar-refractivity contribution in [1.82, 2.24) is 0 Å². The number of phenolic OH excluding ortho intramolecular Hbond substituents is 1. The second kappa shape index (κ2) is 5.14. The summed E-state index contributed by atoms with van der Waals surface area (Å²) in [6.45, 7) is 1.43. The summed E-state index contributed by atoms with van der Waals surface area (Å²) in [7, 11) is 0. The van der Waals surface area contributed by atoms with Crippen molar-refractivity contribution in [3.05, 3.63) is 29.3 Å². The Kier molecular flexibility index (Phi) is 3.50. The zero-order valence-corrected chi connectivity index (χ0v) is 12.4. The molecule has 0 bridgehead atoms. The molecule has 0 amide bonds. The fourth-order valence-corrected chi connectivity index (χ4v) is 3.52. The van der Waals surface area contributed by atoms with Crippen molar-refractivity contribution in [2.45, 2.75) is 37.6 Å². The number of ether oxygens (including phenoxy) is 1. The Balaban J connectivity index is 2.09. The van der Waals surface area contributed by atoms with E-state index in [9.17, 15) is 24.6 Å². The van der Waals surface area contributed by atoms with E-state index in [4.69, 9.17) is 9.84 Å². The average molecular weight is 320 g/mol. The Morgan fingerprint density at radius 3 is 2.74 bits per heavy atom. The van der Waals surface area contributed by atoms with Crippen LogP contribution in [-0.4, -0.2) is 50.7 Å². The normalized spacial score (nSPS) is 33.0. The highest BCUT2D eigenvalue weighted by Crippen LogP contribution is 2.45. The molecule has 122 valence electrons. The summed E-state index contributed by atoms with van der Waals surface area (Å²) in [5, 5.41) is 29.7. The molecule has 0 saturated carbocycles. The van der Waals surface area contributed by atoms with Crippen LogP contribution >= 0.6 is 0 Å². The Bertz CT molecular complexity index is 710. The van der Waals surface area contributed by atoms with Crippen molar-refractivity contribution >= 4 is 17.5 Å². The van der Waals surface area contributed by atoms with Crippen LogP contribution in [-0.2, 0) is 9.53 Å². The highest BCUT2D eigenvalue weighted by atomic mass is 16.5. The molecule has 7 heteroatoms. The van der Waals surface area contributed by atoms with Crippen LogP contribution in [0.5, 0.6) is 5.75 Å². The van der Waals surface area contributed by atoms with Gasteiger partial charge in [-0.2, -0.15) is 0 Å². The van der Waals surface area contributed by atoms with Gasteiger partial charge in [0.25, 0.3) is 0 Å². The number of aromatic hydroxyl groups is 1. The fourth-order valence-electron chi connectivity index (χ4n) is 3.52. The molecule has 2 aliphatic rings. The van der Waals surface area contributed by atoms with Gasteiger partial charge >= 0.3 is 5.97 Å². The van der Waals surface area contributed by atoms with E-state index in [0.717, 1.165) is 0 Å². The number of aliphatic carboxylic acids is 1. The first-order valence-electron chi connectivity index (χ1n) is 7.27. The van der Waals surface area contributed by atoms with Crippen molar-refractivity contribution in [3.8, 4) is 5.75 Å². The summed E-state index contributed by atoms with van der Waals surface area (Å²) < 4.78 is 5.46. The maximum Gasteiger partial charge on any atom is 0.305 e. The lowest BCUT2D eigenvalue weighted by Gasteiger charge is -2.47. The van der Waals surface area contributed by atoms with Gasteiger partial charge in [-0.05, 0) is 19.4 Å². The highest BCUT2D eigenvalue weighted by molar-refractivity contribution is 6.20. The SMILES string of the molecule is C[C@@H]1O[C@@H](CC(=O)O)C[C@@H]2C(=O)c3cccc(O)c3C(=O)[C@]12O. The van der Waals surface area contributed by atoms with E-state index < -0.39 is 41.3 Å². The van der Waals surface area contributed by atoms with Crippen molar-refractivity contribution in [1.29, 1.82) is 0 Å². The van der Waals surface area contributed by atoms with Gasteiger partial charge in [0.15, 0.2) is 11.4 Å². The van der Waals surface area contributed by atoms with Gasteiger partial charge in [0.1, 0.15) is 5.75 Å². The third-order valence-corrected chi connectivity index (χ3v) is 4.66. The molecule has 1 aliphatic carbocycles. The van der Waals surface area contributed by atoms with Crippen LogP contribution in [0.1, 0.15) is 40.5 Å². The number of phenols is 1. The van der Waals surface area contributed by atoms with Gasteiger partial charge < -0.3 is 20.1 Å². The second-order valence-corrected chi connectivity index (χ2v) is 6.00. The van der Waals surface area contributed by atoms with E-state index in [1.165, 1.54) is 25.1 Å². The van der Waals surface area contributed by atoms with Gasteiger partial charge in [-0.1, -0.05) is 12.1 Å². The maximum absolute atomic E-state index is 12.7. The molecule has 1 saturated heterocycles. The Labute approximate surface area is 131 Å². The van der Waals surface area contributed by atoms with Crippen LogP contribution in [0, 0.1) is 5.92 Å². The molecule has 4 atom stereocenters. The monoisotopic (exact) mass is 320 g/mol. The van der Waals surface area contributed by atoms with Gasteiger partial charge in [-0.25, -0.2) is 0 Å². The van der Waals surface area contributed by atoms with Gasteiger partial charge in [-0.15, -0.1) is 0 Å². The maximum atomic E-state index is 12.7. The molecule has 0 unspecified atom stereocenters. The molecule has 0 radical (unpaired) electrons. The van der Waals surface area contributed by atoms with Gasteiger partial charge in [0.05, 0.1) is 30.1 Å². The number of benzene rings is 1. The first-order chi connectivity index (χ1) is 10.8. The van der Waals surface area contributed by atoms with Crippen LogP contribution < -0.4 is 0 Å². The molecule has 1 aromatic rings. The Morgan fingerprint density at radius 2 is 2.09 bits per heavy atom. The number of carboxylic acids is 1. The molecule has 0 aromatic heterocycles. The molecule has 1 aromatic carbocycles. The third-order valence-electron chi connectivity index (χ3n) is 4.66. The lowest BCUT2D eigenvalue weighted by atomic mass is 9.65. The van der Waals surface area contributed by atoms with Gasteiger partial charge in [-0.3, -0.25) is 14.4 Å². The summed E-state index contributed by atoms with van der Waals surface area (Å²) in [5.74, 6) is -3.79. The second-order valence-electron chi connectivity index (χ2n) is 6.00. The van der Waals surface area contributed by atoms with E-state index in [0.29, 0.717) is 0 Å². The lowest BCUT2D eigenvalue weighted by Crippen LogP contribution is -2.64. The standard InChI is InChI=1S/C16H16O7/c1-7-16(22)10(5-8(23-7)6-12(18)19)14(20)9-3-2-4-11(17)13(9)15(16)21/h2-4,7-8,10,17,22H,5-6H2,1H3,(H,18,19)/t7-,8+,10+,16-/m0/s1. The molecule has 23 heavy (non-hydrogen) atoms. The summed E-state index contributed by atoms with van der Waals surface area (Å²) >= 11 is 0. The first kappa shape index (κ1) is 15.6. The summed E-state index contributed by atoms with van der Waals surface area (Å²) in [5.41, 5.74) is -2.26. The molecule has 3 N–H and O–H groups in total. The van der Waals surface area contributed by atoms with E-state index in [2.05, 4.69) is 0 Å². The van der Waals surface area contributed by atoms with Crippen LogP contribution in [0.3, 0.4) is 0 Å². The number of aliphatic hydroxyl groups is 1. The predicted molar refractivity (Wildman–Crippen MR) is 76.4 cm³/mol. The minimum atomic E-state index is -2.10. The van der Waals surface area contributed by atoms with Crippen LogP contribution in [0.15, 0.2) is 18.2 Å². The minimum absolute atomic E-state index is 0.0489. The molecular formula is C16H16O7. The number of hydrogen-bond donors (Lipinski definition) is 3. The van der Waals surface area contributed by atoms with Gasteiger partial charge in [0, 0.05) is 5.56 Å². The minimum Gasteiger partial charge on any atom is -0.507 e. The van der Waals surface area contributed by atoms with E-state index >= 15 is 0 Å². The number of ketones is 2. The van der Waals surface area contributed by atoms with Crippen LogP contribution in [0.2, 0.25) is 0 Å². The lowest BCUT2D eigenvalue weighted by molar-refractivity contribution is -0.174. The number of hydrogen-bond acceptors (Lipinski definition) is 6. The molecule has 1 heterocycles. The molecule has 1 fully saturated rings. The molecule has 1 aliphatic heterocycles. The Hall–Kier alpha value is -2.25. The number of Topliss-reactive ketones (excluding diaryl/α,β-unsaturated/α-hetero) is 2. The van der Waals surface area contributed by atoms with Crippen LogP contribution in [0.25, 0.3) is 0 Å². The summed E-state index contributed by atoms with van der Waals surface area (Å²) in [6, 6.07) is 4.14. The highest BCUT2D eigenvalue weighted by Gasteiger charge is 2.60. The number of carbonyl (C=O) groups excluding carboxylic acids is 2. The quantitative estimate of drug-likeness (QED) is 0.736. The summed E-state index contributed by atoms with van der Waals surface area (Å²) in [6.07, 6.45) is -2.20. The molecule has 0 spiro atoms. The van der Waals surface area contributed by atoms with Crippen molar-refractivity contribution in [2.24, 2.45) is 5.92 Å².